The summed E-state index contributed by atoms with van der Waals surface area (Å²) >= 11 is 1.45. The van der Waals surface area contributed by atoms with E-state index in [4.69, 9.17) is 10.5 Å². The molecular weight excluding hydrogens is 278 g/mol. The largest absolute Gasteiger partial charge is 0.437 e. The number of nitrogens with zero attached hydrogens (tertiary/aromatic N) is 2. The highest BCUT2D eigenvalue weighted by molar-refractivity contribution is 7.15. The molecule has 0 aliphatic heterocycles. The number of amides is 1. The highest BCUT2D eigenvalue weighted by atomic mass is 32.1. The van der Waals surface area contributed by atoms with E-state index in [2.05, 4.69) is 4.98 Å². The van der Waals surface area contributed by atoms with Crippen molar-refractivity contribution in [1.82, 2.24) is 9.38 Å². The van der Waals surface area contributed by atoms with Crippen LogP contribution in [0.5, 0.6) is 11.6 Å². The normalized spacial score (nSPS) is 10.8. The molecule has 2 aromatic heterocycles. The van der Waals surface area contributed by atoms with Gasteiger partial charge in [0.15, 0.2) is 4.96 Å². The summed E-state index contributed by atoms with van der Waals surface area (Å²) in [5.41, 5.74) is 6.16. The fraction of sp³-hybridized carbons (Fsp3) is 0.0769. The first-order valence-electron chi connectivity index (χ1n) is 5.82. The summed E-state index contributed by atoms with van der Waals surface area (Å²) in [6.45, 7) is -0.174. The molecule has 3 aromatic rings. The predicted molar refractivity (Wildman–Crippen MR) is 74.0 cm³/mol. The van der Waals surface area contributed by atoms with Gasteiger partial charge in [-0.2, -0.15) is 4.98 Å². The molecule has 2 heterocycles. The Morgan fingerprint density at radius 1 is 1.40 bits per heavy atom. The van der Waals surface area contributed by atoms with Crippen molar-refractivity contribution in [3.05, 3.63) is 47.1 Å². The molecule has 1 amide bonds. The van der Waals surface area contributed by atoms with Crippen molar-refractivity contribution in [2.24, 2.45) is 5.73 Å². The van der Waals surface area contributed by atoms with Crippen LogP contribution in [-0.4, -0.2) is 20.4 Å². The van der Waals surface area contributed by atoms with Crippen LogP contribution in [0.3, 0.4) is 0 Å². The summed E-state index contributed by atoms with van der Waals surface area (Å²) in [5.74, 6) is 0.386. The van der Waals surface area contributed by atoms with E-state index < -0.39 is 5.91 Å². The molecule has 6 nitrogen and oxygen atoms in total. The van der Waals surface area contributed by atoms with Crippen LogP contribution in [0.4, 0.5) is 0 Å². The standard InChI is InChI=1S/C13H11N3O3S/c14-11(18)8-1-3-9(4-2-8)19-12-10(7-17)16-5-6-20-13(16)15-12/h1-6,17H,7H2,(H2,14,18). The third-order valence-electron chi connectivity index (χ3n) is 2.83. The lowest BCUT2D eigenvalue weighted by Gasteiger charge is -2.04. The second kappa shape index (κ2) is 4.95. The maximum atomic E-state index is 11.0. The van der Waals surface area contributed by atoms with Crippen LogP contribution in [-0.2, 0) is 6.61 Å². The summed E-state index contributed by atoms with van der Waals surface area (Å²) in [6.07, 6.45) is 1.82. The molecular formula is C13H11N3O3S. The number of aliphatic hydroxyl groups is 1. The van der Waals surface area contributed by atoms with E-state index in [1.807, 2.05) is 11.6 Å². The van der Waals surface area contributed by atoms with Gasteiger partial charge in [-0.1, -0.05) is 0 Å². The van der Waals surface area contributed by atoms with Crippen LogP contribution in [0.2, 0.25) is 0 Å². The summed E-state index contributed by atoms with van der Waals surface area (Å²) in [5, 5.41) is 11.3. The Bertz CT molecular complexity index is 761. The lowest BCUT2D eigenvalue weighted by atomic mass is 10.2. The van der Waals surface area contributed by atoms with Crippen molar-refractivity contribution in [1.29, 1.82) is 0 Å². The highest BCUT2D eigenvalue weighted by Crippen LogP contribution is 2.28. The zero-order valence-corrected chi connectivity index (χ0v) is 11.1. The number of ether oxygens (including phenoxy) is 1. The number of benzene rings is 1. The first-order chi connectivity index (χ1) is 9.69. The van der Waals surface area contributed by atoms with Gasteiger partial charge in [0, 0.05) is 17.1 Å². The third-order valence-corrected chi connectivity index (χ3v) is 3.58. The number of imidazole rings is 1. The molecule has 0 fully saturated rings. The average molecular weight is 289 g/mol. The Morgan fingerprint density at radius 2 is 2.15 bits per heavy atom. The van der Waals surface area contributed by atoms with Gasteiger partial charge in [-0.3, -0.25) is 9.20 Å². The van der Waals surface area contributed by atoms with Gasteiger partial charge < -0.3 is 15.6 Å². The van der Waals surface area contributed by atoms with E-state index in [1.165, 1.54) is 11.3 Å². The molecule has 0 atom stereocenters. The highest BCUT2D eigenvalue weighted by Gasteiger charge is 2.14. The Hall–Kier alpha value is -2.38. The number of thiazole rings is 1. The number of carbonyl (C=O) groups is 1. The molecule has 102 valence electrons. The smallest absolute Gasteiger partial charge is 0.248 e. The van der Waals surface area contributed by atoms with Crippen LogP contribution in [0, 0.1) is 0 Å². The van der Waals surface area contributed by atoms with Gasteiger partial charge in [-0.05, 0) is 24.3 Å². The molecule has 1 aromatic carbocycles. The monoisotopic (exact) mass is 289 g/mol. The number of fused-ring (bicyclic) bond motifs is 1. The number of aliphatic hydroxyl groups excluding tert-OH is 1. The zero-order chi connectivity index (χ0) is 14.1. The van der Waals surface area contributed by atoms with Gasteiger partial charge in [0.05, 0.1) is 6.61 Å². The number of hydrogen-bond acceptors (Lipinski definition) is 5. The van der Waals surface area contributed by atoms with E-state index in [-0.39, 0.29) is 6.61 Å². The minimum Gasteiger partial charge on any atom is -0.437 e. The molecule has 0 radical (unpaired) electrons. The fourth-order valence-electron chi connectivity index (χ4n) is 1.84. The molecule has 0 bridgehead atoms. The van der Waals surface area contributed by atoms with Gasteiger partial charge in [0.2, 0.25) is 11.8 Å². The van der Waals surface area contributed by atoms with Crippen LogP contribution in [0.25, 0.3) is 4.96 Å². The molecule has 0 spiro atoms. The summed E-state index contributed by atoms with van der Waals surface area (Å²) in [4.78, 5) is 16.0. The zero-order valence-electron chi connectivity index (χ0n) is 10.3. The van der Waals surface area contributed by atoms with Gasteiger partial charge >= 0.3 is 0 Å². The molecule has 0 aliphatic rings. The Balaban J connectivity index is 1.92. The van der Waals surface area contributed by atoms with Crippen LogP contribution in [0.15, 0.2) is 35.8 Å². The van der Waals surface area contributed by atoms with Crippen LogP contribution in [0.1, 0.15) is 16.1 Å². The minimum atomic E-state index is -0.491. The lowest BCUT2D eigenvalue weighted by Crippen LogP contribution is -2.10. The molecule has 7 heteroatoms. The summed E-state index contributed by atoms with van der Waals surface area (Å²) in [6, 6.07) is 6.42. The number of aromatic nitrogens is 2. The second-order valence-corrected chi connectivity index (χ2v) is 4.94. The number of primary amides is 1. The first-order valence-corrected chi connectivity index (χ1v) is 6.70. The molecule has 0 saturated carbocycles. The van der Waals surface area contributed by atoms with E-state index in [0.29, 0.717) is 22.9 Å². The van der Waals surface area contributed by atoms with Crippen molar-refractivity contribution in [2.45, 2.75) is 6.61 Å². The van der Waals surface area contributed by atoms with E-state index >= 15 is 0 Å². The Labute approximate surface area is 118 Å². The molecule has 0 unspecified atom stereocenters. The van der Waals surface area contributed by atoms with Gasteiger partial charge in [0.1, 0.15) is 11.4 Å². The molecule has 3 N–H and O–H groups in total. The van der Waals surface area contributed by atoms with E-state index in [1.54, 1.807) is 28.7 Å². The van der Waals surface area contributed by atoms with Crippen molar-refractivity contribution >= 4 is 22.2 Å². The minimum absolute atomic E-state index is 0.174. The maximum absolute atomic E-state index is 11.0. The third kappa shape index (κ3) is 2.13. The SMILES string of the molecule is NC(=O)c1ccc(Oc2nc3sccn3c2CO)cc1. The number of nitrogens with two attached hydrogens (primary N) is 1. The van der Waals surface area contributed by atoms with E-state index in [9.17, 15) is 9.90 Å². The van der Waals surface area contributed by atoms with Crippen LogP contribution >= 0.6 is 11.3 Å². The molecule has 0 saturated heterocycles. The van der Waals surface area contributed by atoms with Crippen molar-refractivity contribution in [3.8, 4) is 11.6 Å². The van der Waals surface area contributed by atoms with Crippen LogP contribution < -0.4 is 10.5 Å². The van der Waals surface area contributed by atoms with Gasteiger partial charge in [-0.15, -0.1) is 11.3 Å². The topological polar surface area (TPSA) is 89.9 Å². The molecule has 20 heavy (non-hydrogen) atoms. The number of hydrogen-bond donors (Lipinski definition) is 2. The fourth-order valence-corrected chi connectivity index (χ4v) is 2.56. The average Bonchev–Trinajstić information content (AvgIpc) is 2.99. The number of carbonyl (C=O) groups excluding carboxylic acids is 1. The van der Waals surface area contributed by atoms with Gasteiger partial charge in [-0.25, -0.2) is 0 Å². The first kappa shape index (κ1) is 12.6. The van der Waals surface area contributed by atoms with Crippen molar-refractivity contribution < 1.29 is 14.6 Å². The number of rotatable bonds is 4. The summed E-state index contributed by atoms with van der Waals surface area (Å²) in [7, 11) is 0. The maximum Gasteiger partial charge on any atom is 0.248 e. The van der Waals surface area contributed by atoms with Crippen molar-refractivity contribution in [2.75, 3.05) is 0 Å². The van der Waals surface area contributed by atoms with Crippen molar-refractivity contribution in [3.63, 3.8) is 0 Å². The lowest BCUT2D eigenvalue weighted by molar-refractivity contribution is 0.100. The van der Waals surface area contributed by atoms with E-state index in [0.717, 1.165) is 4.96 Å². The second-order valence-electron chi connectivity index (χ2n) is 4.07. The molecule has 3 rings (SSSR count). The Morgan fingerprint density at radius 3 is 2.80 bits per heavy atom. The predicted octanol–water partition coefficient (Wildman–Crippen LogP) is 1.78. The Kier molecular flexibility index (Phi) is 3.13. The molecule has 0 aliphatic carbocycles. The quantitative estimate of drug-likeness (QED) is 0.766. The summed E-state index contributed by atoms with van der Waals surface area (Å²) < 4.78 is 7.42. The van der Waals surface area contributed by atoms with Gasteiger partial charge in [0.25, 0.3) is 0 Å².